The molecule has 3 rings (SSSR count). The first-order valence-electron chi connectivity index (χ1n) is 9.85. The number of thioether (sulfide) groups is 1. The zero-order chi connectivity index (χ0) is 23.3. The Hall–Kier alpha value is -2.42. The molecule has 32 heavy (non-hydrogen) atoms. The van der Waals surface area contributed by atoms with E-state index in [4.69, 9.17) is 32.7 Å². The number of aromatic nitrogens is 3. The van der Waals surface area contributed by atoms with E-state index < -0.39 is 0 Å². The van der Waals surface area contributed by atoms with Gasteiger partial charge in [0.15, 0.2) is 22.5 Å². The lowest BCUT2D eigenvalue weighted by Gasteiger charge is -2.13. The van der Waals surface area contributed by atoms with Crippen LogP contribution in [0.1, 0.15) is 13.8 Å². The summed E-state index contributed by atoms with van der Waals surface area (Å²) >= 11 is 13.7. The standard InChI is InChI=1S/C22H24Cl2N4O3S/c1-13(2)11-28-21(16-7-5-14(23)9-17(16)24)26-27-22(28)32-12-20(29)25-15-6-8-18(30-3)19(10-15)31-4/h5-10,13H,11-12H2,1-4H3,(H,25,29). The molecule has 0 bridgehead atoms. The molecule has 0 aliphatic heterocycles. The highest BCUT2D eigenvalue weighted by Gasteiger charge is 2.19. The van der Waals surface area contributed by atoms with Gasteiger partial charge in [0.2, 0.25) is 5.91 Å². The van der Waals surface area contributed by atoms with Crippen LogP contribution >= 0.6 is 35.0 Å². The first-order valence-corrected chi connectivity index (χ1v) is 11.6. The summed E-state index contributed by atoms with van der Waals surface area (Å²) in [4.78, 5) is 12.5. The fraction of sp³-hybridized carbons (Fsp3) is 0.318. The Bertz CT molecular complexity index is 1100. The summed E-state index contributed by atoms with van der Waals surface area (Å²) in [5, 5.41) is 13.2. The van der Waals surface area contributed by atoms with Crippen molar-refractivity contribution in [2.45, 2.75) is 25.5 Å². The van der Waals surface area contributed by atoms with Crippen LogP contribution in [0.25, 0.3) is 11.4 Å². The molecule has 1 N–H and O–H groups in total. The molecule has 3 aromatic rings. The molecular formula is C22H24Cl2N4O3S. The third-order valence-corrected chi connectivity index (χ3v) is 5.95. The molecular weight excluding hydrogens is 471 g/mol. The number of anilines is 1. The molecule has 170 valence electrons. The van der Waals surface area contributed by atoms with Gasteiger partial charge in [0.1, 0.15) is 0 Å². The largest absolute Gasteiger partial charge is 0.493 e. The number of carbonyl (C=O) groups is 1. The van der Waals surface area contributed by atoms with Crippen molar-refractivity contribution in [2.75, 3.05) is 25.3 Å². The summed E-state index contributed by atoms with van der Waals surface area (Å²) in [5.41, 5.74) is 1.36. The van der Waals surface area contributed by atoms with E-state index in [1.807, 2.05) is 10.6 Å². The molecule has 0 aliphatic rings. The van der Waals surface area contributed by atoms with Crippen molar-refractivity contribution in [1.82, 2.24) is 14.8 Å². The van der Waals surface area contributed by atoms with Gasteiger partial charge in [-0.15, -0.1) is 10.2 Å². The molecule has 0 atom stereocenters. The van der Waals surface area contributed by atoms with E-state index in [0.29, 0.717) is 50.7 Å². The first kappa shape index (κ1) is 24.2. The normalized spacial score (nSPS) is 11.0. The average molecular weight is 495 g/mol. The Morgan fingerprint density at radius 1 is 1.09 bits per heavy atom. The SMILES string of the molecule is COc1ccc(NC(=O)CSc2nnc(-c3ccc(Cl)cc3Cl)n2CC(C)C)cc1OC. The highest BCUT2D eigenvalue weighted by molar-refractivity contribution is 7.99. The lowest BCUT2D eigenvalue weighted by Crippen LogP contribution is -2.15. The second-order valence-corrected chi connectivity index (χ2v) is 9.13. The molecule has 7 nitrogen and oxygen atoms in total. The number of benzene rings is 2. The Balaban J connectivity index is 1.76. The van der Waals surface area contributed by atoms with Crippen LogP contribution in [0, 0.1) is 5.92 Å². The van der Waals surface area contributed by atoms with Crippen LogP contribution in [0.5, 0.6) is 11.5 Å². The molecule has 0 spiro atoms. The summed E-state index contributed by atoms with van der Waals surface area (Å²) in [6.07, 6.45) is 0. The van der Waals surface area contributed by atoms with Crippen molar-refractivity contribution < 1.29 is 14.3 Å². The van der Waals surface area contributed by atoms with E-state index >= 15 is 0 Å². The van der Waals surface area contributed by atoms with Gasteiger partial charge in [0.05, 0.1) is 25.0 Å². The minimum absolute atomic E-state index is 0.166. The highest BCUT2D eigenvalue weighted by atomic mass is 35.5. The monoisotopic (exact) mass is 494 g/mol. The number of carbonyl (C=O) groups excluding carboxylic acids is 1. The van der Waals surface area contributed by atoms with Gasteiger partial charge in [-0.25, -0.2) is 0 Å². The van der Waals surface area contributed by atoms with Gasteiger partial charge in [-0.3, -0.25) is 4.79 Å². The number of hydrogen-bond acceptors (Lipinski definition) is 6. The van der Waals surface area contributed by atoms with Gasteiger partial charge in [0.25, 0.3) is 0 Å². The average Bonchev–Trinajstić information content (AvgIpc) is 3.13. The second-order valence-electron chi connectivity index (χ2n) is 7.34. The van der Waals surface area contributed by atoms with E-state index in [-0.39, 0.29) is 11.7 Å². The van der Waals surface area contributed by atoms with Crippen LogP contribution in [0.15, 0.2) is 41.6 Å². The highest BCUT2D eigenvalue weighted by Crippen LogP contribution is 2.32. The van der Waals surface area contributed by atoms with Crippen LogP contribution in [-0.4, -0.2) is 40.6 Å². The van der Waals surface area contributed by atoms with E-state index in [1.165, 1.54) is 11.8 Å². The topological polar surface area (TPSA) is 78.3 Å². The fourth-order valence-electron chi connectivity index (χ4n) is 3.04. The van der Waals surface area contributed by atoms with Gasteiger partial charge >= 0.3 is 0 Å². The van der Waals surface area contributed by atoms with E-state index in [9.17, 15) is 4.79 Å². The quantitative estimate of drug-likeness (QED) is 0.386. The van der Waals surface area contributed by atoms with Gasteiger partial charge in [-0.2, -0.15) is 0 Å². The Kier molecular flexibility index (Phi) is 8.28. The molecule has 2 aromatic carbocycles. The Morgan fingerprint density at radius 2 is 1.84 bits per heavy atom. The zero-order valence-electron chi connectivity index (χ0n) is 18.2. The van der Waals surface area contributed by atoms with E-state index in [1.54, 1.807) is 44.6 Å². The number of nitrogens with one attached hydrogen (secondary N) is 1. The maximum Gasteiger partial charge on any atom is 0.234 e. The van der Waals surface area contributed by atoms with Crippen LogP contribution in [0.4, 0.5) is 5.69 Å². The van der Waals surface area contributed by atoms with Gasteiger partial charge < -0.3 is 19.4 Å². The minimum atomic E-state index is -0.174. The Labute approximate surface area is 201 Å². The first-order chi connectivity index (χ1) is 15.3. The number of hydrogen-bond donors (Lipinski definition) is 1. The number of ether oxygens (including phenoxy) is 2. The lowest BCUT2D eigenvalue weighted by atomic mass is 10.2. The van der Waals surface area contributed by atoms with Gasteiger partial charge in [0, 0.05) is 28.9 Å². The summed E-state index contributed by atoms with van der Waals surface area (Å²) in [5.74, 6) is 2.11. The second kappa shape index (κ2) is 10.9. The van der Waals surface area contributed by atoms with Gasteiger partial charge in [-0.1, -0.05) is 48.8 Å². The maximum atomic E-state index is 12.5. The van der Waals surface area contributed by atoms with E-state index in [0.717, 1.165) is 5.56 Å². The predicted octanol–water partition coefficient (Wildman–Crippen LogP) is 5.66. The van der Waals surface area contributed by atoms with Crippen molar-refractivity contribution in [3.63, 3.8) is 0 Å². The molecule has 0 saturated heterocycles. The third-order valence-electron chi connectivity index (χ3n) is 4.44. The molecule has 0 aliphatic carbocycles. The maximum absolute atomic E-state index is 12.5. The number of nitrogens with zero attached hydrogens (tertiary/aromatic N) is 3. The number of rotatable bonds is 9. The number of methoxy groups -OCH3 is 2. The number of amides is 1. The van der Waals surface area contributed by atoms with Crippen LogP contribution in [0.3, 0.4) is 0 Å². The molecule has 1 heterocycles. The van der Waals surface area contributed by atoms with Crippen LogP contribution in [0.2, 0.25) is 10.0 Å². The van der Waals surface area contributed by atoms with Crippen LogP contribution < -0.4 is 14.8 Å². The molecule has 0 fully saturated rings. The lowest BCUT2D eigenvalue weighted by molar-refractivity contribution is -0.113. The predicted molar refractivity (Wildman–Crippen MR) is 129 cm³/mol. The summed E-state index contributed by atoms with van der Waals surface area (Å²) < 4.78 is 12.5. The molecule has 0 radical (unpaired) electrons. The van der Waals surface area contributed by atoms with Crippen molar-refractivity contribution in [3.05, 3.63) is 46.4 Å². The molecule has 10 heteroatoms. The Morgan fingerprint density at radius 3 is 2.50 bits per heavy atom. The minimum Gasteiger partial charge on any atom is -0.493 e. The van der Waals surface area contributed by atoms with E-state index in [2.05, 4.69) is 29.4 Å². The summed E-state index contributed by atoms with van der Waals surface area (Å²) in [6, 6.07) is 10.5. The summed E-state index contributed by atoms with van der Waals surface area (Å²) in [7, 11) is 3.11. The third kappa shape index (κ3) is 5.88. The van der Waals surface area contributed by atoms with Gasteiger partial charge in [-0.05, 0) is 36.2 Å². The molecule has 0 saturated carbocycles. The molecule has 1 aromatic heterocycles. The smallest absolute Gasteiger partial charge is 0.234 e. The van der Waals surface area contributed by atoms with Crippen molar-refractivity contribution in [2.24, 2.45) is 5.92 Å². The molecule has 1 amide bonds. The number of halogens is 2. The van der Waals surface area contributed by atoms with Crippen molar-refractivity contribution in [3.8, 4) is 22.9 Å². The van der Waals surface area contributed by atoms with Crippen molar-refractivity contribution >= 4 is 46.6 Å². The van der Waals surface area contributed by atoms with Crippen molar-refractivity contribution in [1.29, 1.82) is 0 Å². The zero-order valence-corrected chi connectivity index (χ0v) is 20.5. The molecule has 0 unspecified atom stereocenters. The fourth-order valence-corrected chi connectivity index (χ4v) is 4.28. The summed E-state index contributed by atoms with van der Waals surface area (Å²) in [6.45, 7) is 4.89. The van der Waals surface area contributed by atoms with Crippen LogP contribution in [-0.2, 0) is 11.3 Å².